The minimum atomic E-state index is 0.925. The standard InChI is InChI=1S/C12H13BrN2S/c1-9-8-10(2-3-11(9)13)14-5-4-12-15-6-7-16-12/h2-3,6-8,14H,4-5H2,1H3. The first-order chi connectivity index (χ1) is 7.75. The van der Waals surface area contributed by atoms with E-state index in [9.17, 15) is 0 Å². The van der Waals surface area contributed by atoms with Crippen LogP contribution < -0.4 is 5.32 Å². The molecule has 4 heteroatoms. The predicted octanol–water partition coefficient (Wildman–Crippen LogP) is 3.87. The Labute approximate surface area is 108 Å². The van der Waals surface area contributed by atoms with Crippen LogP contribution in [0.25, 0.3) is 0 Å². The molecule has 2 aromatic rings. The van der Waals surface area contributed by atoms with E-state index in [1.807, 2.05) is 11.6 Å². The van der Waals surface area contributed by atoms with Crippen molar-refractivity contribution in [1.29, 1.82) is 0 Å². The minimum Gasteiger partial charge on any atom is -0.385 e. The summed E-state index contributed by atoms with van der Waals surface area (Å²) in [7, 11) is 0. The monoisotopic (exact) mass is 296 g/mol. The summed E-state index contributed by atoms with van der Waals surface area (Å²) in [5.74, 6) is 0. The van der Waals surface area contributed by atoms with Gasteiger partial charge in [-0.15, -0.1) is 11.3 Å². The number of benzene rings is 1. The average Bonchev–Trinajstić information content (AvgIpc) is 2.76. The highest BCUT2D eigenvalue weighted by Gasteiger charge is 1.98. The van der Waals surface area contributed by atoms with Crippen LogP contribution in [0.4, 0.5) is 5.69 Å². The molecular weight excluding hydrogens is 284 g/mol. The normalized spacial score (nSPS) is 10.4. The van der Waals surface area contributed by atoms with Crippen molar-refractivity contribution in [3.8, 4) is 0 Å². The second-order valence-corrected chi connectivity index (χ2v) is 5.40. The van der Waals surface area contributed by atoms with Crippen LogP contribution in [0.5, 0.6) is 0 Å². The summed E-state index contributed by atoms with van der Waals surface area (Å²) < 4.78 is 1.15. The van der Waals surface area contributed by atoms with E-state index in [4.69, 9.17) is 0 Å². The number of nitrogens with zero attached hydrogens (tertiary/aromatic N) is 1. The van der Waals surface area contributed by atoms with E-state index in [0.717, 1.165) is 23.1 Å². The molecule has 1 heterocycles. The molecule has 0 fully saturated rings. The van der Waals surface area contributed by atoms with Gasteiger partial charge in [0, 0.05) is 34.7 Å². The van der Waals surface area contributed by atoms with Crippen molar-refractivity contribution >= 4 is 33.0 Å². The Balaban J connectivity index is 1.87. The van der Waals surface area contributed by atoms with Gasteiger partial charge in [0.05, 0.1) is 5.01 Å². The lowest BCUT2D eigenvalue weighted by atomic mass is 10.2. The quantitative estimate of drug-likeness (QED) is 0.926. The fourth-order valence-electron chi connectivity index (χ4n) is 1.44. The molecule has 2 nitrogen and oxygen atoms in total. The van der Waals surface area contributed by atoms with Crippen molar-refractivity contribution in [3.63, 3.8) is 0 Å². The van der Waals surface area contributed by atoms with Gasteiger partial charge in [0.1, 0.15) is 0 Å². The molecule has 0 bridgehead atoms. The van der Waals surface area contributed by atoms with Gasteiger partial charge in [0.2, 0.25) is 0 Å². The third-order valence-corrected chi connectivity index (χ3v) is 4.04. The van der Waals surface area contributed by atoms with E-state index in [0.29, 0.717) is 0 Å². The summed E-state index contributed by atoms with van der Waals surface area (Å²) in [6, 6.07) is 6.30. The molecule has 0 saturated heterocycles. The molecule has 0 radical (unpaired) electrons. The van der Waals surface area contributed by atoms with Gasteiger partial charge in [-0.1, -0.05) is 15.9 Å². The third-order valence-electron chi connectivity index (χ3n) is 2.31. The van der Waals surface area contributed by atoms with Gasteiger partial charge < -0.3 is 5.32 Å². The summed E-state index contributed by atoms with van der Waals surface area (Å²) in [6.45, 7) is 3.02. The van der Waals surface area contributed by atoms with Crippen LogP contribution in [-0.4, -0.2) is 11.5 Å². The molecule has 0 spiro atoms. The summed E-state index contributed by atoms with van der Waals surface area (Å²) >= 11 is 5.20. The lowest BCUT2D eigenvalue weighted by Crippen LogP contribution is -2.04. The zero-order valence-electron chi connectivity index (χ0n) is 9.03. The van der Waals surface area contributed by atoms with Crippen molar-refractivity contribution in [1.82, 2.24) is 4.98 Å². The smallest absolute Gasteiger partial charge is 0.0942 e. The summed E-state index contributed by atoms with van der Waals surface area (Å²) in [5, 5.41) is 6.59. The molecule has 0 amide bonds. The van der Waals surface area contributed by atoms with E-state index in [1.54, 1.807) is 11.3 Å². The number of thiazole rings is 1. The van der Waals surface area contributed by atoms with E-state index in [2.05, 4.69) is 51.4 Å². The third kappa shape index (κ3) is 3.06. The number of anilines is 1. The number of rotatable bonds is 4. The van der Waals surface area contributed by atoms with Gasteiger partial charge in [-0.05, 0) is 30.7 Å². The first kappa shape index (κ1) is 11.6. The first-order valence-corrected chi connectivity index (χ1v) is 6.81. The Morgan fingerprint density at radius 3 is 3.00 bits per heavy atom. The molecule has 0 aliphatic heterocycles. The second-order valence-electron chi connectivity index (χ2n) is 3.57. The number of hydrogen-bond donors (Lipinski definition) is 1. The van der Waals surface area contributed by atoms with E-state index in [-0.39, 0.29) is 0 Å². The molecule has 0 unspecified atom stereocenters. The average molecular weight is 297 g/mol. The first-order valence-electron chi connectivity index (χ1n) is 5.14. The maximum absolute atomic E-state index is 4.25. The van der Waals surface area contributed by atoms with Crippen molar-refractivity contribution < 1.29 is 0 Å². The van der Waals surface area contributed by atoms with Crippen molar-refractivity contribution in [2.45, 2.75) is 13.3 Å². The largest absolute Gasteiger partial charge is 0.385 e. The van der Waals surface area contributed by atoms with Crippen LogP contribution in [0.1, 0.15) is 10.6 Å². The van der Waals surface area contributed by atoms with E-state index < -0.39 is 0 Å². The molecule has 0 aliphatic rings. The second kappa shape index (κ2) is 5.46. The van der Waals surface area contributed by atoms with E-state index in [1.165, 1.54) is 10.6 Å². The highest BCUT2D eigenvalue weighted by molar-refractivity contribution is 9.10. The van der Waals surface area contributed by atoms with Crippen molar-refractivity contribution in [2.75, 3.05) is 11.9 Å². The summed E-state index contributed by atoms with van der Waals surface area (Å²) in [5.41, 5.74) is 2.41. The zero-order valence-corrected chi connectivity index (χ0v) is 11.4. The topological polar surface area (TPSA) is 24.9 Å². The Morgan fingerprint density at radius 1 is 1.44 bits per heavy atom. The van der Waals surface area contributed by atoms with Gasteiger partial charge in [-0.25, -0.2) is 4.98 Å². The molecule has 2 rings (SSSR count). The van der Waals surface area contributed by atoms with Gasteiger partial charge in [0.25, 0.3) is 0 Å². The van der Waals surface area contributed by atoms with Gasteiger partial charge >= 0.3 is 0 Å². The molecular formula is C12H13BrN2S. The Hall–Kier alpha value is -0.870. The molecule has 0 saturated carbocycles. The molecule has 0 aliphatic carbocycles. The molecule has 1 aromatic carbocycles. The molecule has 16 heavy (non-hydrogen) atoms. The van der Waals surface area contributed by atoms with Crippen LogP contribution in [0.15, 0.2) is 34.2 Å². The molecule has 1 aromatic heterocycles. The van der Waals surface area contributed by atoms with Crippen LogP contribution >= 0.6 is 27.3 Å². The Morgan fingerprint density at radius 2 is 2.31 bits per heavy atom. The number of nitrogens with one attached hydrogen (secondary N) is 1. The summed E-state index contributed by atoms with van der Waals surface area (Å²) in [6.07, 6.45) is 2.83. The Kier molecular flexibility index (Phi) is 3.96. The SMILES string of the molecule is Cc1cc(NCCc2nccs2)ccc1Br. The Bertz CT molecular complexity index is 454. The van der Waals surface area contributed by atoms with Crippen LogP contribution in [-0.2, 0) is 6.42 Å². The van der Waals surface area contributed by atoms with Crippen LogP contribution in [0.3, 0.4) is 0 Å². The fourth-order valence-corrected chi connectivity index (χ4v) is 2.31. The van der Waals surface area contributed by atoms with Gasteiger partial charge in [-0.3, -0.25) is 0 Å². The maximum Gasteiger partial charge on any atom is 0.0942 e. The minimum absolute atomic E-state index is 0.925. The van der Waals surface area contributed by atoms with Gasteiger partial charge in [0.15, 0.2) is 0 Å². The van der Waals surface area contributed by atoms with Crippen LogP contribution in [0, 0.1) is 6.92 Å². The van der Waals surface area contributed by atoms with E-state index >= 15 is 0 Å². The van der Waals surface area contributed by atoms with Crippen molar-refractivity contribution in [2.24, 2.45) is 0 Å². The summed E-state index contributed by atoms with van der Waals surface area (Å²) in [4.78, 5) is 4.25. The number of hydrogen-bond acceptors (Lipinski definition) is 3. The van der Waals surface area contributed by atoms with Crippen molar-refractivity contribution in [3.05, 3.63) is 44.8 Å². The number of aryl methyl sites for hydroxylation is 1. The number of halogens is 1. The molecule has 0 atom stereocenters. The highest BCUT2D eigenvalue weighted by Crippen LogP contribution is 2.19. The number of aromatic nitrogens is 1. The lowest BCUT2D eigenvalue weighted by molar-refractivity contribution is 0.997. The zero-order chi connectivity index (χ0) is 11.4. The maximum atomic E-state index is 4.25. The fraction of sp³-hybridized carbons (Fsp3) is 0.250. The highest BCUT2D eigenvalue weighted by atomic mass is 79.9. The molecule has 1 N–H and O–H groups in total. The molecule has 84 valence electrons. The van der Waals surface area contributed by atoms with Gasteiger partial charge in [-0.2, -0.15) is 0 Å². The predicted molar refractivity (Wildman–Crippen MR) is 73.2 cm³/mol. The lowest BCUT2D eigenvalue weighted by Gasteiger charge is -2.07. The van der Waals surface area contributed by atoms with Crippen LogP contribution in [0.2, 0.25) is 0 Å².